The van der Waals surface area contributed by atoms with Gasteiger partial charge in [-0.15, -0.1) is 0 Å². The maximum atomic E-state index is 12.2. The second kappa shape index (κ2) is 8.83. The van der Waals surface area contributed by atoms with Crippen molar-refractivity contribution in [2.24, 2.45) is 5.92 Å². The fourth-order valence-corrected chi connectivity index (χ4v) is 2.41. The van der Waals surface area contributed by atoms with Crippen LogP contribution >= 0.6 is 0 Å². The third-order valence-electron chi connectivity index (χ3n) is 3.50. The highest BCUT2D eigenvalue weighted by molar-refractivity contribution is 5.81. The first-order chi connectivity index (χ1) is 11.1. The summed E-state index contributed by atoms with van der Waals surface area (Å²) in [6.45, 7) is 9.09. The minimum Gasteiger partial charge on any atom is -0.444 e. The van der Waals surface area contributed by atoms with Gasteiger partial charge in [0.2, 0.25) is 0 Å². The van der Waals surface area contributed by atoms with Crippen molar-refractivity contribution in [3.8, 4) is 0 Å². The molecule has 5 nitrogen and oxygen atoms in total. The second-order valence-electron chi connectivity index (χ2n) is 7.39. The first-order valence-corrected chi connectivity index (χ1v) is 8.31. The molecule has 1 amide bonds. The lowest BCUT2D eigenvalue weighted by Crippen LogP contribution is -2.49. The third kappa shape index (κ3) is 7.59. The fraction of sp³-hybridized carbons (Fsp3) is 0.579. The zero-order chi connectivity index (χ0) is 18.3. The first-order valence-electron chi connectivity index (χ1n) is 8.31. The molecule has 0 radical (unpaired) electrons. The quantitative estimate of drug-likeness (QED) is 0.803. The van der Waals surface area contributed by atoms with E-state index in [0.717, 1.165) is 5.56 Å². The van der Waals surface area contributed by atoms with Crippen molar-refractivity contribution >= 4 is 11.9 Å². The Kier molecular flexibility index (Phi) is 7.42. The molecule has 0 saturated heterocycles. The van der Waals surface area contributed by atoms with Gasteiger partial charge in [0.25, 0.3) is 0 Å². The van der Waals surface area contributed by atoms with Crippen LogP contribution in [0.5, 0.6) is 0 Å². The Hall–Kier alpha value is -1.88. The molecule has 5 heteroatoms. The van der Waals surface area contributed by atoms with E-state index < -0.39 is 23.8 Å². The molecule has 0 heterocycles. The van der Waals surface area contributed by atoms with Gasteiger partial charge < -0.3 is 15.2 Å². The number of aliphatic hydroxyl groups excluding tert-OH is 1. The zero-order valence-electron chi connectivity index (χ0n) is 15.2. The average molecular weight is 335 g/mol. The molecule has 0 aliphatic carbocycles. The fourth-order valence-electron chi connectivity index (χ4n) is 2.41. The van der Waals surface area contributed by atoms with E-state index in [2.05, 4.69) is 5.32 Å². The number of rotatable bonds is 7. The Morgan fingerprint density at radius 3 is 2.25 bits per heavy atom. The van der Waals surface area contributed by atoms with E-state index in [1.807, 2.05) is 44.2 Å². The molecule has 0 unspecified atom stereocenters. The van der Waals surface area contributed by atoms with E-state index in [9.17, 15) is 14.7 Å². The molecule has 0 aromatic heterocycles. The van der Waals surface area contributed by atoms with Gasteiger partial charge in [-0.1, -0.05) is 44.2 Å². The van der Waals surface area contributed by atoms with Crippen molar-refractivity contribution < 1.29 is 19.4 Å². The smallest absolute Gasteiger partial charge is 0.407 e. The minimum absolute atomic E-state index is 0.00641. The normalized spacial score (nSPS) is 14.1. The predicted octanol–water partition coefficient (Wildman–Crippen LogP) is 3.10. The van der Waals surface area contributed by atoms with Crippen molar-refractivity contribution in [1.29, 1.82) is 0 Å². The van der Waals surface area contributed by atoms with E-state index in [-0.39, 0.29) is 24.5 Å². The summed E-state index contributed by atoms with van der Waals surface area (Å²) in [6.07, 6.45) is -1.27. The van der Waals surface area contributed by atoms with Crippen molar-refractivity contribution in [3.63, 3.8) is 0 Å². The molecule has 1 aromatic rings. The number of benzene rings is 1. The highest BCUT2D eigenvalue weighted by Crippen LogP contribution is 2.14. The average Bonchev–Trinajstić information content (AvgIpc) is 2.43. The van der Waals surface area contributed by atoms with Crippen molar-refractivity contribution in [3.05, 3.63) is 35.9 Å². The van der Waals surface area contributed by atoms with Crippen LogP contribution in [0.4, 0.5) is 4.79 Å². The van der Waals surface area contributed by atoms with Gasteiger partial charge in [0.05, 0.1) is 12.1 Å². The molecule has 24 heavy (non-hydrogen) atoms. The van der Waals surface area contributed by atoms with Crippen LogP contribution in [-0.2, 0) is 16.0 Å². The van der Waals surface area contributed by atoms with Crippen molar-refractivity contribution in [1.82, 2.24) is 5.32 Å². The van der Waals surface area contributed by atoms with Gasteiger partial charge in [0.1, 0.15) is 11.4 Å². The maximum Gasteiger partial charge on any atom is 0.407 e. The summed E-state index contributed by atoms with van der Waals surface area (Å²) >= 11 is 0. The summed E-state index contributed by atoms with van der Waals surface area (Å²) in [7, 11) is 0. The summed E-state index contributed by atoms with van der Waals surface area (Å²) in [4.78, 5) is 24.1. The highest BCUT2D eigenvalue weighted by atomic mass is 16.6. The Bertz CT molecular complexity index is 534. The van der Waals surface area contributed by atoms with E-state index in [1.54, 1.807) is 20.8 Å². The van der Waals surface area contributed by atoms with Crippen LogP contribution in [0.3, 0.4) is 0 Å². The Morgan fingerprint density at radius 1 is 1.17 bits per heavy atom. The molecule has 2 atom stereocenters. The van der Waals surface area contributed by atoms with Crippen molar-refractivity contribution in [2.75, 3.05) is 0 Å². The summed E-state index contributed by atoms with van der Waals surface area (Å²) in [5.41, 5.74) is 0.301. The summed E-state index contributed by atoms with van der Waals surface area (Å²) in [5, 5.41) is 13.1. The number of ether oxygens (including phenoxy) is 1. The number of hydrogen-bond acceptors (Lipinski definition) is 4. The molecule has 0 spiro atoms. The second-order valence-corrected chi connectivity index (χ2v) is 7.39. The van der Waals surface area contributed by atoms with Crippen LogP contribution in [0.25, 0.3) is 0 Å². The molecular weight excluding hydrogens is 306 g/mol. The SMILES string of the molecule is CC(C)[C@H](NC(=O)OC(C)(C)C)[C@@H](O)CC(=O)Cc1ccccc1. The van der Waals surface area contributed by atoms with E-state index in [4.69, 9.17) is 4.74 Å². The van der Waals surface area contributed by atoms with Gasteiger partial charge in [-0.2, -0.15) is 0 Å². The van der Waals surface area contributed by atoms with Crippen LogP contribution in [0.2, 0.25) is 0 Å². The zero-order valence-corrected chi connectivity index (χ0v) is 15.2. The number of carbonyl (C=O) groups excluding carboxylic acids is 2. The molecule has 1 aromatic carbocycles. The molecule has 1 rings (SSSR count). The Labute approximate surface area is 144 Å². The third-order valence-corrected chi connectivity index (χ3v) is 3.50. The molecule has 0 aliphatic rings. The van der Waals surface area contributed by atoms with Gasteiger partial charge in [-0.3, -0.25) is 4.79 Å². The van der Waals surface area contributed by atoms with Crippen LogP contribution in [0, 0.1) is 5.92 Å². The highest BCUT2D eigenvalue weighted by Gasteiger charge is 2.28. The molecule has 0 saturated carbocycles. The summed E-state index contributed by atoms with van der Waals surface area (Å²) < 4.78 is 5.22. The van der Waals surface area contributed by atoms with Gasteiger partial charge in [-0.25, -0.2) is 4.79 Å². The number of amides is 1. The summed E-state index contributed by atoms with van der Waals surface area (Å²) in [6, 6.07) is 8.86. The van der Waals surface area contributed by atoms with Gasteiger partial charge >= 0.3 is 6.09 Å². The van der Waals surface area contributed by atoms with Gasteiger partial charge in [0, 0.05) is 12.8 Å². The van der Waals surface area contributed by atoms with Crippen LogP contribution < -0.4 is 5.32 Å². The topological polar surface area (TPSA) is 75.6 Å². The first kappa shape index (κ1) is 20.2. The molecule has 0 fully saturated rings. The lowest BCUT2D eigenvalue weighted by atomic mass is 9.93. The number of carbonyl (C=O) groups is 2. The number of alkyl carbamates (subject to hydrolysis) is 1. The Balaban J connectivity index is 2.61. The number of hydrogen-bond donors (Lipinski definition) is 2. The standard InChI is InChI=1S/C19H29NO4/c1-13(2)17(20-18(23)24-19(3,4)5)16(22)12-15(21)11-14-9-7-6-8-10-14/h6-10,13,16-17,22H,11-12H2,1-5H3,(H,20,23)/t16-,17-/m0/s1. The van der Waals surface area contributed by atoms with E-state index >= 15 is 0 Å². The van der Waals surface area contributed by atoms with E-state index in [1.165, 1.54) is 0 Å². The van der Waals surface area contributed by atoms with Crippen LogP contribution in [-0.4, -0.2) is 34.7 Å². The number of Topliss-reactive ketones (excluding diaryl/α,β-unsaturated/α-hetero) is 1. The van der Waals surface area contributed by atoms with Gasteiger partial charge in [-0.05, 0) is 32.3 Å². The van der Waals surface area contributed by atoms with Crippen LogP contribution in [0.15, 0.2) is 30.3 Å². The summed E-state index contributed by atoms with van der Waals surface area (Å²) in [5.74, 6) is -0.0950. The Morgan fingerprint density at radius 2 is 1.75 bits per heavy atom. The lowest BCUT2D eigenvalue weighted by Gasteiger charge is -2.29. The minimum atomic E-state index is -0.950. The number of nitrogens with one attached hydrogen (secondary N) is 1. The molecule has 2 N–H and O–H groups in total. The predicted molar refractivity (Wildman–Crippen MR) is 93.8 cm³/mol. The number of ketones is 1. The van der Waals surface area contributed by atoms with Gasteiger partial charge in [0.15, 0.2) is 0 Å². The molecule has 0 bridgehead atoms. The lowest BCUT2D eigenvalue weighted by molar-refractivity contribution is -0.120. The monoisotopic (exact) mass is 335 g/mol. The number of aliphatic hydroxyl groups is 1. The van der Waals surface area contributed by atoms with Crippen LogP contribution in [0.1, 0.15) is 46.6 Å². The molecule has 134 valence electrons. The van der Waals surface area contributed by atoms with Crippen molar-refractivity contribution in [2.45, 2.75) is 65.2 Å². The molecular formula is C19H29NO4. The largest absolute Gasteiger partial charge is 0.444 e. The maximum absolute atomic E-state index is 12.2. The van der Waals surface area contributed by atoms with E-state index in [0.29, 0.717) is 0 Å². The molecule has 0 aliphatic heterocycles.